The predicted molar refractivity (Wildman–Crippen MR) is 81.1 cm³/mol. The summed E-state index contributed by atoms with van der Waals surface area (Å²) in [6.45, 7) is 1.58. The Morgan fingerprint density at radius 3 is 2.52 bits per heavy atom. The zero-order chi connectivity index (χ0) is 15.5. The molecule has 6 heteroatoms. The number of hydrogen-bond donors (Lipinski definition) is 0. The number of benzene rings is 2. The van der Waals surface area contributed by atoms with Gasteiger partial charge in [0.1, 0.15) is 17.2 Å². The lowest BCUT2D eigenvalue weighted by molar-refractivity contribution is 0.409. The van der Waals surface area contributed by atoms with Gasteiger partial charge in [0, 0.05) is 6.07 Å². The maximum Gasteiger partial charge on any atom is 0.178 e. The fourth-order valence-electron chi connectivity index (χ4n) is 1.66. The zero-order valence-electron chi connectivity index (χ0n) is 11.6. The van der Waals surface area contributed by atoms with Gasteiger partial charge in [0.25, 0.3) is 0 Å². The molecule has 0 heterocycles. The van der Waals surface area contributed by atoms with Crippen molar-refractivity contribution in [3.05, 3.63) is 47.5 Å². The van der Waals surface area contributed by atoms with Crippen molar-refractivity contribution in [2.45, 2.75) is 11.8 Å². The highest BCUT2D eigenvalue weighted by atomic mass is 35.5. The van der Waals surface area contributed by atoms with Gasteiger partial charge in [0.2, 0.25) is 0 Å². The Morgan fingerprint density at radius 2 is 1.90 bits per heavy atom. The van der Waals surface area contributed by atoms with Crippen molar-refractivity contribution in [2.24, 2.45) is 0 Å². The topological polar surface area (TPSA) is 52.6 Å². The van der Waals surface area contributed by atoms with Crippen molar-refractivity contribution in [3.63, 3.8) is 0 Å². The van der Waals surface area contributed by atoms with E-state index < -0.39 is 9.84 Å². The van der Waals surface area contributed by atoms with Gasteiger partial charge < -0.3 is 9.47 Å². The van der Waals surface area contributed by atoms with Crippen molar-refractivity contribution in [2.75, 3.05) is 12.9 Å². The maximum absolute atomic E-state index is 11.8. The Labute approximate surface area is 129 Å². The monoisotopic (exact) mass is 325 g/mol. The van der Waals surface area contributed by atoms with Crippen molar-refractivity contribution >= 4 is 21.4 Å². The molecule has 0 spiro atoms. The van der Waals surface area contributed by atoms with E-state index in [1.807, 2.05) is 0 Å². The second-order valence-electron chi connectivity index (χ2n) is 4.21. The first-order valence-electron chi connectivity index (χ1n) is 6.21. The van der Waals surface area contributed by atoms with Crippen molar-refractivity contribution in [1.82, 2.24) is 0 Å². The highest BCUT2D eigenvalue weighted by molar-refractivity contribution is 7.91. The average Bonchev–Trinajstić information content (AvgIpc) is 2.49. The van der Waals surface area contributed by atoms with Gasteiger partial charge in [-0.2, -0.15) is 0 Å². The summed E-state index contributed by atoms with van der Waals surface area (Å²) in [5.41, 5.74) is 0. The van der Waals surface area contributed by atoms with Crippen LogP contribution in [0, 0.1) is 6.07 Å². The third-order valence-corrected chi connectivity index (χ3v) is 4.87. The Kier molecular flexibility index (Phi) is 4.75. The van der Waals surface area contributed by atoms with Crippen LogP contribution in [0.15, 0.2) is 41.3 Å². The van der Waals surface area contributed by atoms with Gasteiger partial charge >= 0.3 is 0 Å². The van der Waals surface area contributed by atoms with Crippen molar-refractivity contribution < 1.29 is 17.9 Å². The molecule has 0 aliphatic rings. The van der Waals surface area contributed by atoms with Gasteiger partial charge in [-0.15, -0.1) is 0 Å². The molecule has 0 saturated heterocycles. The number of ether oxygens (including phenoxy) is 2. The highest BCUT2D eigenvalue weighted by Crippen LogP contribution is 2.32. The summed E-state index contributed by atoms with van der Waals surface area (Å²) in [6, 6.07) is 12.3. The molecule has 0 fully saturated rings. The average molecular weight is 326 g/mol. The second kappa shape index (κ2) is 6.37. The van der Waals surface area contributed by atoms with Crippen LogP contribution in [-0.2, 0) is 9.84 Å². The normalized spacial score (nSPS) is 11.2. The first kappa shape index (κ1) is 15.7. The van der Waals surface area contributed by atoms with E-state index in [2.05, 4.69) is 6.07 Å². The minimum Gasteiger partial charge on any atom is -0.497 e. The highest BCUT2D eigenvalue weighted by Gasteiger charge is 2.14. The number of halogens is 1. The molecular weight excluding hydrogens is 312 g/mol. The molecule has 0 atom stereocenters. The molecule has 0 N–H and O–H groups in total. The van der Waals surface area contributed by atoms with E-state index in [0.717, 1.165) is 0 Å². The SMILES string of the molecule is CCS(=O)(=O)c1ccc(Oc2c[c]cc(OC)c2)c(Cl)c1. The lowest BCUT2D eigenvalue weighted by Crippen LogP contribution is -2.03. The smallest absolute Gasteiger partial charge is 0.178 e. The van der Waals surface area contributed by atoms with Crippen LogP contribution in [0.5, 0.6) is 17.2 Å². The molecule has 2 aromatic carbocycles. The summed E-state index contributed by atoms with van der Waals surface area (Å²) in [6.07, 6.45) is 0. The van der Waals surface area contributed by atoms with Crippen LogP contribution in [0.3, 0.4) is 0 Å². The second-order valence-corrected chi connectivity index (χ2v) is 6.89. The molecular formula is C15H14ClO4S. The van der Waals surface area contributed by atoms with E-state index in [9.17, 15) is 8.42 Å². The molecule has 0 aliphatic carbocycles. The Morgan fingerprint density at radius 1 is 1.19 bits per heavy atom. The summed E-state index contributed by atoms with van der Waals surface area (Å²) >= 11 is 6.09. The third kappa shape index (κ3) is 3.68. The lowest BCUT2D eigenvalue weighted by atomic mass is 10.3. The van der Waals surface area contributed by atoms with E-state index >= 15 is 0 Å². The van der Waals surface area contributed by atoms with Gasteiger partial charge in [-0.3, -0.25) is 0 Å². The molecule has 0 aromatic heterocycles. The summed E-state index contributed by atoms with van der Waals surface area (Å²) in [5, 5.41) is 0.229. The van der Waals surface area contributed by atoms with Crippen LogP contribution in [0.25, 0.3) is 0 Å². The van der Waals surface area contributed by atoms with Crippen molar-refractivity contribution in [1.29, 1.82) is 0 Å². The molecule has 4 nitrogen and oxygen atoms in total. The maximum atomic E-state index is 11.8. The molecule has 1 radical (unpaired) electrons. The molecule has 2 aromatic rings. The Balaban J connectivity index is 2.29. The largest absolute Gasteiger partial charge is 0.497 e. The molecule has 111 valence electrons. The summed E-state index contributed by atoms with van der Waals surface area (Å²) in [7, 11) is -1.74. The molecule has 21 heavy (non-hydrogen) atoms. The summed E-state index contributed by atoms with van der Waals surface area (Å²) < 4.78 is 34.3. The van der Waals surface area contributed by atoms with Crippen LogP contribution in [0.4, 0.5) is 0 Å². The van der Waals surface area contributed by atoms with Crippen molar-refractivity contribution in [3.8, 4) is 17.2 Å². The van der Waals surface area contributed by atoms with E-state index in [0.29, 0.717) is 17.2 Å². The quantitative estimate of drug-likeness (QED) is 0.840. The first-order chi connectivity index (χ1) is 9.96. The van der Waals surface area contributed by atoms with Crippen LogP contribution >= 0.6 is 11.6 Å². The molecule has 0 unspecified atom stereocenters. The van der Waals surface area contributed by atoms with E-state index in [-0.39, 0.29) is 15.7 Å². The van der Waals surface area contributed by atoms with Crippen LogP contribution in [-0.4, -0.2) is 21.3 Å². The van der Waals surface area contributed by atoms with E-state index in [1.54, 1.807) is 32.2 Å². The minimum atomic E-state index is -3.29. The van der Waals surface area contributed by atoms with Crippen LogP contribution < -0.4 is 9.47 Å². The molecule has 0 saturated carbocycles. The van der Waals surface area contributed by atoms with Gasteiger partial charge in [-0.25, -0.2) is 8.42 Å². The standard InChI is InChI=1S/C15H14ClO4S/c1-3-21(17,18)13-7-8-15(14(16)10-13)20-12-6-4-5-11(9-12)19-2/h5-10H,3H2,1-2H3. The van der Waals surface area contributed by atoms with Gasteiger partial charge in [0.05, 0.1) is 22.8 Å². The molecule has 0 aliphatic heterocycles. The van der Waals surface area contributed by atoms with Gasteiger partial charge in [0.15, 0.2) is 9.84 Å². The Bertz CT molecular complexity index is 741. The Hall–Kier alpha value is -1.72. The fourth-order valence-corrected chi connectivity index (χ4v) is 2.85. The first-order valence-corrected chi connectivity index (χ1v) is 8.24. The lowest BCUT2D eigenvalue weighted by Gasteiger charge is -2.10. The molecule has 0 bridgehead atoms. The van der Waals surface area contributed by atoms with Gasteiger partial charge in [-0.05, 0) is 36.4 Å². The van der Waals surface area contributed by atoms with Crippen LogP contribution in [0.2, 0.25) is 5.02 Å². The minimum absolute atomic E-state index is 0.0222. The van der Waals surface area contributed by atoms with E-state index in [1.165, 1.54) is 18.2 Å². The zero-order valence-corrected chi connectivity index (χ0v) is 13.2. The summed E-state index contributed by atoms with van der Waals surface area (Å²) in [4.78, 5) is 0.180. The summed E-state index contributed by atoms with van der Waals surface area (Å²) in [5.74, 6) is 1.50. The number of rotatable bonds is 5. The molecule has 2 rings (SSSR count). The predicted octanol–water partition coefficient (Wildman–Crippen LogP) is 3.73. The van der Waals surface area contributed by atoms with Crippen LogP contribution in [0.1, 0.15) is 6.92 Å². The number of hydrogen-bond acceptors (Lipinski definition) is 4. The van der Waals surface area contributed by atoms with Gasteiger partial charge in [-0.1, -0.05) is 18.5 Å². The number of methoxy groups -OCH3 is 1. The number of sulfone groups is 1. The molecule has 0 amide bonds. The fraction of sp³-hybridized carbons (Fsp3) is 0.200. The third-order valence-electron chi connectivity index (χ3n) is 2.84. The van der Waals surface area contributed by atoms with E-state index in [4.69, 9.17) is 21.1 Å².